The second-order valence-electron chi connectivity index (χ2n) is 7.62. The predicted octanol–water partition coefficient (Wildman–Crippen LogP) is 4.09. The number of aliphatic imine (C=N–C) groups is 1. The highest BCUT2D eigenvalue weighted by Gasteiger charge is 2.44. The standard InChI is InChI=1S/C23H26FN5.HI/c1-25-22(28-16-23(9-10-23)20-3-2-4-21(24)13-20)27-14-18-5-7-19(8-6-18)15-29-12-11-26-17-29;/h2-8,11-13,17H,9-10,14-16H2,1H3,(H2,25,27,28);1H. The van der Waals surface area contributed by atoms with Gasteiger partial charge in [-0.1, -0.05) is 36.4 Å². The zero-order valence-electron chi connectivity index (χ0n) is 17.0. The molecule has 2 N–H and O–H groups in total. The predicted molar refractivity (Wildman–Crippen MR) is 129 cm³/mol. The average molecular weight is 519 g/mol. The van der Waals surface area contributed by atoms with Crippen molar-refractivity contribution in [2.24, 2.45) is 4.99 Å². The van der Waals surface area contributed by atoms with Crippen LogP contribution in [0.2, 0.25) is 0 Å². The molecule has 0 radical (unpaired) electrons. The highest BCUT2D eigenvalue weighted by Crippen LogP contribution is 2.47. The van der Waals surface area contributed by atoms with E-state index >= 15 is 0 Å². The van der Waals surface area contributed by atoms with Crippen molar-refractivity contribution in [2.75, 3.05) is 13.6 Å². The van der Waals surface area contributed by atoms with E-state index in [9.17, 15) is 4.39 Å². The summed E-state index contributed by atoms with van der Waals surface area (Å²) < 4.78 is 15.6. The van der Waals surface area contributed by atoms with Gasteiger partial charge in [0.05, 0.1) is 6.33 Å². The minimum atomic E-state index is -0.173. The van der Waals surface area contributed by atoms with Crippen molar-refractivity contribution in [3.63, 3.8) is 0 Å². The van der Waals surface area contributed by atoms with Gasteiger partial charge < -0.3 is 15.2 Å². The molecule has 1 fully saturated rings. The van der Waals surface area contributed by atoms with Gasteiger partial charge in [0.2, 0.25) is 0 Å². The third-order valence-electron chi connectivity index (χ3n) is 5.52. The van der Waals surface area contributed by atoms with Crippen LogP contribution in [0, 0.1) is 5.82 Å². The van der Waals surface area contributed by atoms with Crippen LogP contribution < -0.4 is 10.6 Å². The van der Waals surface area contributed by atoms with Crippen molar-refractivity contribution in [1.82, 2.24) is 20.2 Å². The van der Waals surface area contributed by atoms with E-state index in [1.54, 1.807) is 25.4 Å². The zero-order valence-corrected chi connectivity index (χ0v) is 19.3. The van der Waals surface area contributed by atoms with Crippen LogP contribution in [0.1, 0.15) is 29.5 Å². The Morgan fingerprint density at radius 3 is 2.53 bits per heavy atom. The first kappa shape index (κ1) is 22.3. The summed E-state index contributed by atoms with van der Waals surface area (Å²) in [5.74, 6) is 0.586. The molecule has 1 aliphatic carbocycles. The largest absolute Gasteiger partial charge is 0.356 e. The van der Waals surface area contributed by atoms with Gasteiger partial charge in [-0.25, -0.2) is 9.37 Å². The lowest BCUT2D eigenvalue weighted by atomic mass is 9.96. The number of hydrogen-bond donors (Lipinski definition) is 2. The van der Waals surface area contributed by atoms with Gasteiger partial charge in [0, 0.05) is 44.5 Å². The number of nitrogens with one attached hydrogen (secondary N) is 2. The Morgan fingerprint density at radius 1 is 1.13 bits per heavy atom. The van der Waals surface area contributed by atoms with Crippen LogP contribution in [0.25, 0.3) is 0 Å². The lowest BCUT2D eigenvalue weighted by molar-refractivity contribution is 0.607. The van der Waals surface area contributed by atoms with E-state index in [0.29, 0.717) is 6.54 Å². The maximum atomic E-state index is 13.6. The van der Waals surface area contributed by atoms with Crippen LogP contribution >= 0.6 is 24.0 Å². The Balaban J connectivity index is 0.00000256. The summed E-state index contributed by atoms with van der Waals surface area (Å²) >= 11 is 0. The van der Waals surface area contributed by atoms with Crippen LogP contribution in [0.4, 0.5) is 4.39 Å². The van der Waals surface area contributed by atoms with E-state index < -0.39 is 0 Å². The molecule has 1 aromatic heterocycles. The van der Waals surface area contributed by atoms with Crippen molar-refractivity contribution in [3.8, 4) is 0 Å². The summed E-state index contributed by atoms with van der Waals surface area (Å²) in [6, 6.07) is 15.5. The molecule has 0 saturated heterocycles. The molecule has 7 heteroatoms. The van der Waals surface area contributed by atoms with Gasteiger partial charge in [0.25, 0.3) is 0 Å². The fourth-order valence-corrected chi connectivity index (χ4v) is 3.55. The number of halogens is 2. The normalized spacial score (nSPS) is 14.7. The second kappa shape index (κ2) is 10.1. The van der Waals surface area contributed by atoms with E-state index in [0.717, 1.165) is 37.5 Å². The number of benzene rings is 2. The van der Waals surface area contributed by atoms with E-state index in [-0.39, 0.29) is 35.2 Å². The maximum absolute atomic E-state index is 13.6. The van der Waals surface area contributed by atoms with Crippen molar-refractivity contribution in [2.45, 2.75) is 31.3 Å². The molecule has 1 heterocycles. The molecule has 1 aliphatic rings. The van der Waals surface area contributed by atoms with Gasteiger partial charge >= 0.3 is 0 Å². The first-order chi connectivity index (χ1) is 14.2. The number of nitrogens with zero attached hydrogens (tertiary/aromatic N) is 3. The molecule has 0 bridgehead atoms. The van der Waals surface area contributed by atoms with Gasteiger partial charge in [-0.3, -0.25) is 4.99 Å². The topological polar surface area (TPSA) is 54.2 Å². The molecule has 30 heavy (non-hydrogen) atoms. The highest BCUT2D eigenvalue weighted by atomic mass is 127. The molecule has 158 valence electrons. The first-order valence-electron chi connectivity index (χ1n) is 9.91. The van der Waals surface area contributed by atoms with Crippen molar-refractivity contribution in [1.29, 1.82) is 0 Å². The summed E-state index contributed by atoms with van der Waals surface area (Å²) in [6.45, 7) is 2.26. The average Bonchev–Trinajstić information content (AvgIpc) is 3.37. The Hall–Kier alpha value is -2.42. The molecule has 0 aliphatic heterocycles. The second-order valence-corrected chi connectivity index (χ2v) is 7.62. The summed E-state index contributed by atoms with van der Waals surface area (Å²) in [5.41, 5.74) is 3.51. The smallest absolute Gasteiger partial charge is 0.191 e. The molecule has 5 nitrogen and oxygen atoms in total. The molecule has 4 rings (SSSR count). The van der Waals surface area contributed by atoms with Crippen LogP contribution in [0.5, 0.6) is 0 Å². The monoisotopic (exact) mass is 519 g/mol. The summed E-state index contributed by atoms with van der Waals surface area (Å²) in [6.07, 6.45) is 7.71. The maximum Gasteiger partial charge on any atom is 0.191 e. The van der Waals surface area contributed by atoms with E-state index in [4.69, 9.17) is 0 Å². The van der Waals surface area contributed by atoms with Crippen molar-refractivity contribution in [3.05, 3.63) is 89.8 Å². The lowest BCUT2D eigenvalue weighted by Gasteiger charge is -2.19. The number of hydrogen-bond acceptors (Lipinski definition) is 2. The Labute approximate surface area is 193 Å². The fourth-order valence-electron chi connectivity index (χ4n) is 3.55. The van der Waals surface area contributed by atoms with Crippen molar-refractivity contribution >= 4 is 29.9 Å². The number of guanidine groups is 1. The molecule has 0 amide bonds. The number of rotatable bonds is 7. The molecule has 0 unspecified atom stereocenters. The van der Waals surface area contributed by atoms with E-state index in [2.05, 4.69) is 44.9 Å². The van der Waals surface area contributed by atoms with Crippen molar-refractivity contribution < 1.29 is 4.39 Å². The van der Waals surface area contributed by atoms with Gasteiger partial charge in [-0.05, 0) is 41.7 Å². The molecular weight excluding hydrogens is 492 g/mol. The van der Waals surface area contributed by atoms with Crippen LogP contribution in [0.3, 0.4) is 0 Å². The molecular formula is C23H27FIN5. The molecule has 3 aromatic rings. The fraction of sp³-hybridized carbons (Fsp3) is 0.304. The van der Waals surface area contributed by atoms with Crippen LogP contribution in [-0.4, -0.2) is 29.1 Å². The molecule has 2 aromatic carbocycles. The molecule has 0 atom stereocenters. The zero-order chi connectivity index (χ0) is 20.1. The number of imidazole rings is 1. The molecule has 1 saturated carbocycles. The minimum Gasteiger partial charge on any atom is -0.356 e. The highest BCUT2D eigenvalue weighted by molar-refractivity contribution is 14.0. The summed E-state index contributed by atoms with van der Waals surface area (Å²) in [7, 11) is 1.77. The Kier molecular flexibility index (Phi) is 7.47. The van der Waals surface area contributed by atoms with Gasteiger partial charge in [0.15, 0.2) is 5.96 Å². The van der Waals surface area contributed by atoms with E-state index in [1.165, 1.54) is 17.2 Å². The third kappa shape index (κ3) is 5.59. The van der Waals surface area contributed by atoms with E-state index in [1.807, 2.05) is 23.2 Å². The van der Waals surface area contributed by atoms with Crippen LogP contribution in [-0.2, 0) is 18.5 Å². The first-order valence-corrected chi connectivity index (χ1v) is 9.91. The van der Waals surface area contributed by atoms with Gasteiger partial charge in [-0.15, -0.1) is 24.0 Å². The van der Waals surface area contributed by atoms with Crippen LogP contribution in [0.15, 0.2) is 72.2 Å². The quantitative estimate of drug-likeness (QED) is 0.281. The summed E-state index contributed by atoms with van der Waals surface area (Å²) in [4.78, 5) is 8.39. The Morgan fingerprint density at radius 2 is 1.90 bits per heavy atom. The van der Waals surface area contributed by atoms with Gasteiger partial charge in [0.1, 0.15) is 5.82 Å². The molecule has 0 spiro atoms. The SMILES string of the molecule is CN=C(NCc1ccc(Cn2ccnc2)cc1)NCC1(c2cccc(F)c2)CC1.I. The summed E-state index contributed by atoms with van der Waals surface area (Å²) in [5, 5.41) is 6.77. The minimum absolute atomic E-state index is 0. The number of aromatic nitrogens is 2. The Bertz CT molecular complexity index is 966. The lowest BCUT2D eigenvalue weighted by Crippen LogP contribution is -2.40. The van der Waals surface area contributed by atoms with Gasteiger partial charge in [-0.2, -0.15) is 0 Å². The third-order valence-corrected chi connectivity index (χ3v) is 5.52.